The molecule has 8 heteroatoms. The number of nitrogens with zero attached hydrogens (tertiary/aromatic N) is 1. The lowest BCUT2D eigenvalue weighted by atomic mass is 10.1. The standard InChI is InChI=1S/C15H17Cl3N2O3/c1-9(21)20-4-2-10(3-5-20)19-15(22)8-23-14-7-12(17)11(16)6-13(14)18/h6-7,10H,2-5,8H2,1H3,(H,19,22). The average Bonchev–Trinajstić information content (AvgIpc) is 2.50. The summed E-state index contributed by atoms with van der Waals surface area (Å²) in [6, 6.07) is 2.99. The number of carbonyl (C=O) groups is 2. The fourth-order valence-corrected chi connectivity index (χ4v) is 2.96. The maximum Gasteiger partial charge on any atom is 0.258 e. The zero-order valence-corrected chi connectivity index (χ0v) is 14.8. The molecule has 0 aliphatic carbocycles. The summed E-state index contributed by atoms with van der Waals surface area (Å²) < 4.78 is 5.38. The molecule has 1 fully saturated rings. The van der Waals surface area contributed by atoms with Crippen molar-refractivity contribution in [3.05, 3.63) is 27.2 Å². The predicted octanol–water partition coefficient (Wildman–Crippen LogP) is 3.15. The number of carbonyl (C=O) groups excluding carboxylic acids is 2. The van der Waals surface area contributed by atoms with Crippen LogP contribution < -0.4 is 10.1 Å². The third-order valence-corrected chi connectivity index (χ3v) is 4.66. The smallest absolute Gasteiger partial charge is 0.258 e. The van der Waals surface area contributed by atoms with Gasteiger partial charge in [0, 0.05) is 32.1 Å². The Morgan fingerprint density at radius 3 is 2.39 bits per heavy atom. The maximum atomic E-state index is 11.9. The highest BCUT2D eigenvalue weighted by Crippen LogP contribution is 2.33. The highest BCUT2D eigenvalue weighted by Gasteiger charge is 2.22. The number of nitrogens with one attached hydrogen (secondary N) is 1. The van der Waals surface area contributed by atoms with Crippen LogP contribution in [0.5, 0.6) is 5.75 Å². The molecule has 1 aliphatic rings. The normalized spacial score (nSPS) is 15.4. The summed E-state index contributed by atoms with van der Waals surface area (Å²) in [6.07, 6.45) is 1.47. The molecule has 1 aromatic carbocycles. The van der Waals surface area contributed by atoms with Crippen LogP contribution >= 0.6 is 34.8 Å². The summed E-state index contributed by atoms with van der Waals surface area (Å²) in [6.45, 7) is 2.69. The summed E-state index contributed by atoms with van der Waals surface area (Å²) in [5.74, 6) is 0.128. The van der Waals surface area contributed by atoms with Crippen molar-refractivity contribution in [2.75, 3.05) is 19.7 Å². The summed E-state index contributed by atoms with van der Waals surface area (Å²) in [5, 5.41) is 3.82. The van der Waals surface area contributed by atoms with Crippen LogP contribution in [-0.4, -0.2) is 42.5 Å². The number of amides is 2. The van der Waals surface area contributed by atoms with Crippen molar-refractivity contribution < 1.29 is 14.3 Å². The minimum absolute atomic E-state index is 0.0472. The molecule has 5 nitrogen and oxygen atoms in total. The molecule has 0 spiro atoms. The quantitative estimate of drug-likeness (QED) is 0.818. The van der Waals surface area contributed by atoms with Crippen molar-refractivity contribution in [3.63, 3.8) is 0 Å². The molecule has 1 N–H and O–H groups in total. The van der Waals surface area contributed by atoms with E-state index in [4.69, 9.17) is 39.5 Å². The molecule has 2 rings (SSSR count). The van der Waals surface area contributed by atoms with Crippen molar-refractivity contribution in [2.45, 2.75) is 25.8 Å². The molecule has 2 amide bonds. The zero-order valence-electron chi connectivity index (χ0n) is 12.6. The molecule has 0 bridgehead atoms. The molecule has 1 aliphatic heterocycles. The van der Waals surface area contributed by atoms with E-state index in [2.05, 4.69) is 5.32 Å². The summed E-state index contributed by atoms with van der Waals surface area (Å²) in [4.78, 5) is 25.0. The number of ether oxygens (including phenoxy) is 1. The first-order valence-electron chi connectivity index (χ1n) is 7.19. The Morgan fingerprint density at radius 1 is 1.17 bits per heavy atom. The summed E-state index contributed by atoms with van der Waals surface area (Å²) >= 11 is 17.7. The van der Waals surface area contributed by atoms with Crippen molar-refractivity contribution in [1.82, 2.24) is 10.2 Å². The van der Waals surface area contributed by atoms with Crippen molar-refractivity contribution in [3.8, 4) is 5.75 Å². The Hall–Kier alpha value is -1.17. The third-order valence-electron chi connectivity index (χ3n) is 3.64. The topological polar surface area (TPSA) is 58.6 Å². The van der Waals surface area contributed by atoms with Crippen molar-refractivity contribution >= 4 is 46.6 Å². The van der Waals surface area contributed by atoms with Crippen LogP contribution in [0.2, 0.25) is 15.1 Å². The van der Waals surface area contributed by atoms with E-state index in [1.54, 1.807) is 11.8 Å². The average molecular weight is 380 g/mol. The largest absolute Gasteiger partial charge is 0.482 e. The number of benzene rings is 1. The van der Waals surface area contributed by atoms with Crippen LogP contribution in [0.3, 0.4) is 0 Å². The Bertz CT molecular complexity index is 602. The van der Waals surface area contributed by atoms with Crippen molar-refractivity contribution in [1.29, 1.82) is 0 Å². The molecule has 23 heavy (non-hydrogen) atoms. The first kappa shape index (κ1) is 18.2. The Balaban J connectivity index is 1.80. The van der Waals surface area contributed by atoms with E-state index in [0.29, 0.717) is 33.9 Å². The number of likely N-dealkylation sites (tertiary alicyclic amines) is 1. The second-order valence-corrected chi connectivity index (χ2v) is 6.55. The number of halogens is 3. The molecule has 1 saturated heterocycles. The zero-order chi connectivity index (χ0) is 17.0. The van der Waals surface area contributed by atoms with Crippen LogP contribution in [0.4, 0.5) is 0 Å². The molecule has 1 aromatic rings. The van der Waals surface area contributed by atoms with Gasteiger partial charge in [-0.05, 0) is 18.9 Å². The first-order chi connectivity index (χ1) is 10.9. The van der Waals surface area contributed by atoms with E-state index in [-0.39, 0.29) is 24.5 Å². The van der Waals surface area contributed by atoms with Gasteiger partial charge in [0.1, 0.15) is 5.75 Å². The third kappa shape index (κ3) is 5.16. The predicted molar refractivity (Wildman–Crippen MR) is 90.4 cm³/mol. The SMILES string of the molecule is CC(=O)N1CCC(NC(=O)COc2cc(Cl)c(Cl)cc2Cl)CC1. The second-order valence-electron chi connectivity index (χ2n) is 5.33. The molecule has 0 radical (unpaired) electrons. The molecule has 0 atom stereocenters. The van der Waals surface area contributed by atoms with Gasteiger partial charge in [-0.15, -0.1) is 0 Å². The fourth-order valence-electron chi connectivity index (χ4n) is 2.37. The van der Waals surface area contributed by atoms with Crippen LogP contribution in [0.1, 0.15) is 19.8 Å². The van der Waals surface area contributed by atoms with E-state index in [0.717, 1.165) is 12.8 Å². The molecule has 0 saturated carbocycles. The first-order valence-corrected chi connectivity index (χ1v) is 8.32. The summed E-state index contributed by atoms with van der Waals surface area (Å²) in [7, 11) is 0. The van der Waals surface area contributed by atoms with Crippen LogP contribution in [0, 0.1) is 0 Å². The Labute approximate surface area is 149 Å². The number of rotatable bonds is 4. The molecular formula is C15H17Cl3N2O3. The molecular weight excluding hydrogens is 363 g/mol. The number of hydrogen-bond donors (Lipinski definition) is 1. The van der Waals surface area contributed by atoms with E-state index in [9.17, 15) is 9.59 Å². The Morgan fingerprint density at radius 2 is 1.78 bits per heavy atom. The highest BCUT2D eigenvalue weighted by molar-refractivity contribution is 6.43. The van der Waals surface area contributed by atoms with Crippen LogP contribution in [0.25, 0.3) is 0 Å². The van der Waals surface area contributed by atoms with Crippen LogP contribution in [-0.2, 0) is 9.59 Å². The van der Waals surface area contributed by atoms with Gasteiger partial charge in [0.05, 0.1) is 15.1 Å². The van der Waals surface area contributed by atoms with Crippen LogP contribution in [0.15, 0.2) is 12.1 Å². The van der Waals surface area contributed by atoms with Crippen molar-refractivity contribution in [2.24, 2.45) is 0 Å². The van der Waals surface area contributed by atoms with Gasteiger partial charge in [0.2, 0.25) is 5.91 Å². The van der Waals surface area contributed by atoms with E-state index in [1.165, 1.54) is 12.1 Å². The van der Waals surface area contributed by atoms with Gasteiger partial charge in [-0.3, -0.25) is 9.59 Å². The minimum Gasteiger partial charge on any atom is -0.482 e. The highest BCUT2D eigenvalue weighted by atomic mass is 35.5. The fraction of sp³-hybridized carbons (Fsp3) is 0.467. The molecule has 0 unspecified atom stereocenters. The monoisotopic (exact) mass is 378 g/mol. The lowest BCUT2D eigenvalue weighted by molar-refractivity contribution is -0.130. The lowest BCUT2D eigenvalue weighted by Gasteiger charge is -2.31. The number of hydrogen-bond acceptors (Lipinski definition) is 3. The maximum absolute atomic E-state index is 11.9. The second kappa shape index (κ2) is 8.08. The molecule has 126 valence electrons. The number of piperidine rings is 1. The Kier molecular flexibility index (Phi) is 6.39. The molecule has 1 heterocycles. The van der Waals surface area contributed by atoms with Gasteiger partial charge in [-0.1, -0.05) is 34.8 Å². The van der Waals surface area contributed by atoms with E-state index in [1.807, 2.05) is 0 Å². The van der Waals surface area contributed by atoms with Gasteiger partial charge in [-0.25, -0.2) is 0 Å². The van der Waals surface area contributed by atoms with Gasteiger partial charge in [0.15, 0.2) is 6.61 Å². The van der Waals surface area contributed by atoms with Gasteiger partial charge < -0.3 is 15.0 Å². The minimum atomic E-state index is -0.242. The van der Waals surface area contributed by atoms with E-state index >= 15 is 0 Å². The summed E-state index contributed by atoms with van der Waals surface area (Å²) in [5.41, 5.74) is 0. The van der Waals surface area contributed by atoms with E-state index < -0.39 is 0 Å². The molecule has 0 aromatic heterocycles. The van der Waals surface area contributed by atoms with Gasteiger partial charge >= 0.3 is 0 Å². The lowest BCUT2D eigenvalue weighted by Crippen LogP contribution is -2.47. The van der Waals surface area contributed by atoms with Gasteiger partial charge in [-0.2, -0.15) is 0 Å². The van der Waals surface area contributed by atoms with Gasteiger partial charge in [0.25, 0.3) is 5.91 Å².